The quantitative estimate of drug-likeness (QED) is 0.389. The smallest absolute Gasteiger partial charge is 0.334 e. The Morgan fingerprint density at radius 2 is 1.84 bits per heavy atom. The van der Waals surface area contributed by atoms with Gasteiger partial charge in [-0.3, -0.25) is 14.4 Å². The molecule has 2 heterocycles. The molecule has 2 unspecified atom stereocenters. The molecule has 0 saturated carbocycles. The first-order chi connectivity index (χ1) is 15.5. The van der Waals surface area contributed by atoms with E-state index in [1.807, 2.05) is 0 Å². The summed E-state index contributed by atoms with van der Waals surface area (Å²) in [5.41, 5.74) is 1.31. The molecule has 2 aliphatic rings. The Bertz CT molecular complexity index is 1070. The molecule has 2 aliphatic heterocycles. The number of nitrogens with zero attached hydrogens (tertiary/aromatic N) is 1. The molecule has 9 heteroatoms. The zero-order chi connectivity index (χ0) is 22.7. The predicted molar refractivity (Wildman–Crippen MR) is 117 cm³/mol. The molecule has 1 saturated heterocycles. The lowest BCUT2D eigenvalue weighted by atomic mass is 9.98. The summed E-state index contributed by atoms with van der Waals surface area (Å²) in [7, 11) is 1.56. The van der Waals surface area contributed by atoms with Gasteiger partial charge in [0.05, 0.1) is 7.11 Å². The number of fused-ring (bicyclic) bond motifs is 1. The van der Waals surface area contributed by atoms with Crippen LogP contribution in [0.25, 0.3) is 0 Å². The van der Waals surface area contributed by atoms with Crippen LogP contribution in [0.2, 0.25) is 0 Å². The van der Waals surface area contributed by atoms with E-state index in [1.54, 1.807) is 67.1 Å². The van der Waals surface area contributed by atoms with E-state index in [0.29, 0.717) is 17.6 Å². The lowest BCUT2D eigenvalue weighted by molar-refractivity contribution is -0.163. The summed E-state index contributed by atoms with van der Waals surface area (Å²) in [5, 5.41) is 3.75. The molecule has 2 amide bonds. The molecule has 1 N–H and O–H groups in total. The van der Waals surface area contributed by atoms with Crippen molar-refractivity contribution in [3.8, 4) is 5.75 Å². The van der Waals surface area contributed by atoms with E-state index in [0.717, 1.165) is 5.56 Å². The van der Waals surface area contributed by atoms with Gasteiger partial charge in [0.15, 0.2) is 6.04 Å². The van der Waals surface area contributed by atoms with Crippen molar-refractivity contribution in [2.24, 2.45) is 0 Å². The maximum atomic E-state index is 12.8. The van der Waals surface area contributed by atoms with E-state index in [-0.39, 0.29) is 18.1 Å². The first kappa shape index (κ1) is 21.6. The maximum Gasteiger partial charge on any atom is 0.334 e. The molecule has 2 aromatic carbocycles. The molecule has 8 nitrogen and oxygen atoms in total. The summed E-state index contributed by atoms with van der Waals surface area (Å²) in [6, 6.07) is 13.6. The number of carbonyl (C=O) groups excluding carboxylic acids is 4. The first-order valence-corrected chi connectivity index (χ1v) is 10.8. The van der Waals surface area contributed by atoms with Crippen molar-refractivity contribution in [1.29, 1.82) is 0 Å². The molecule has 1 fully saturated rings. The van der Waals surface area contributed by atoms with Gasteiger partial charge in [-0.1, -0.05) is 30.3 Å². The van der Waals surface area contributed by atoms with Crippen LogP contribution in [0.1, 0.15) is 15.9 Å². The van der Waals surface area contributed by atoms with Gasteiger partial charge >= 0.3 is 5.97 Å². The topological polar surface area (TPSA) is 102 Å². The zero-order valence-corrected chi connectivity index (χ0v) is 17.9. The lowest BCUT2D eigenvalue weighted by Crippen LogP contribution is -2.74. The highest BCUT2D eigenvalue weighted by Crippen LogP contribution is 2.40. The highest BCUT2D eigenvalue weighted by Gasteiger charge is 2.56. The lowest BCUT2D eigenvalue weighted by Gasteiger charge is -2.51. The molecule has 3 atom stereocenters. The van der Waals surface area contributed by atoms with Gasteiger partial charge in [0.1, 0.15) is 30.1 Å². The van der Waals surface area contributed by atoms with Gasteiger partial charge in [-0.05, 0) is 35.2 Å². The number of nitrogens with one attached hydrogen (secondary N) is 1. The molecular weight excluding hydrogens is 432 g/mol. The van der Waals surface area contributed by atoms with Crippen LogP contribution < -0.4 is 10.1 Å². The van der Waals surface area contributed by atoms with Crippen LogP contribution in [0.4, 0.5) is 0 Å². The predicted octanol–water partition coefficient (Wildman–Crippen LogP) is 1.90. The third-order valence-electron chi connectivity index (χ3n) is 5.24. The van der Waals surface area contributed by atoms with Crippen molar-refractivity contribution < 1.29 is 28.7 Å². The molecule has 4 rings (SSSR count). The number of esters is 1. The minimum Gasteiger partial charge on any atom is -0.497 e. The molecule has 0 aliphatic carbocycles. The fourth-order valence-corrected chi connectivity index (χ4v) is 4.70. The van der Waals surface area contributed by atoms with E-state index in [2.05, 4.69) is 5.32 Å². The third kappa shape index (κ3) is 4.11. The third-order valence-corrected chi connectivity index (χ3v) is 6.43. The van der Waals surface area contributed by atoms with Crippen LogP contribution >= 0.6 is 11.8 Å². The first-order valence-electron chi connectivity index (χ1n) is 9.82. The normalized spacial score (nSPS) is 21.5. The summed E-state index contributed by atoms with van der Waals surface area (Å²) in [6.07, 6.45) is 0.547. The molecule has 0 aromatic heterocycles. The number of rotatable bonds is 7. The SMILES string of the molecule is COc1ccc(COC(=O)C2C(C=O)=CS[C@H]3C(NC(=O)c4ccccc4)C(=O)N23)cc1. The number of methoxy groups -OCH3 is 1. The van der Waals surface area contributed by atoms with Gasteiger partial charge in [0, 0.05) is 11.1 Å². The summed E-state index contributed by atoms with van der Waals surface area (Å²) in [5.74, 6) is -0.850. The van der Waals surface area contributed by atoms with Gasteiger partial charge in [-0.15, -0.1) is 11.8 Å². The largest absolute Gasteiger partial charge is 0.497 e. The second kappa shape index (κ2) is 9.27. The molecule has 0 bridgehead atoms. The number of carbonyl (C=O) groups is 4. The summed E-state index contributed by atoms with van der Waals surface area (Å²) < 4.78 is 10.5. The van der Waals surface area contributed by atoms with Gasteiger partial charge < -0.3 is 19.7 Å². The molecule has 2 aromatic rings. The van der Waals surface area contributed by atoms with E-state index in [9.17, 15) is 19.2 Å². The van der Waals surface area contributed by atoms with E-state index < -0.39 is 29.3 Å². The Kier molecular flexibility index (Phi) is 6.27. The Morgan fingerprint density at radius 1 is 1.12 bits per heavy atom. The van der Waals surface area contributed by atoms with Crippen molar-refractivity contribution in [2.75, 3.05) is 7.11 Å². The number of hydrogen-bond acceptors (Lipinski definition) is 7. The highest BCUT2D eigenvalue weighted by molar-refractivity contribution is 8.03. The highest BCUT2D eigenvalue weighted by atomic mass is 32.2. The fraction of sp³-hybridized carbons (Fsp3) is 0.217. The van der Waals surface area contributed by atoms with Crippen LogP contribution in [-0.2, 0) is 25.7 Å². The van der Waals surface area contributed by atoms with Gasteiger partial charge in [0.25, 0.3) is 5.91 Å². The average molecular weight is 452 g/mol. The van der Waals surface area contributed by atoms with Crippen LogP contribution in [-0.4, -0.2) is 53.5 Å². The number of aldehydes is 1. The van der Waals surface area contributed by atoms with Gasteiger partial charge in [0.2, 0.25) is 5.91 Å². The number of ether oxygens (including phenoxy) is 2. The van der Waals surface area contributed by atoms with Crippen LogP contribution in [0.3, 0.4) is 0 Å². The monoisotopic (exact) mass is 452 g/mol. The number of β-lactam (4-membered cyclic amide) rings is 1. The van der Waals surface area contributed by atoms with Crippen molar-refractivity contribution in [3.63, 3.8) is 0 Å². The average Bonchev–Trinajstić information content (AvgIpc) is 2.85. The molecule has 0 radical (unpaired) electrons. The Balaban J connectivity index is 1.44. The molecule has 0 spiro atoms. The van der Waals surface area contributed by atoms with Gasteiger partial charge in [-0.2, -0.15) is 0 Å². The van der Waals surface area contributed by atoms with Gasteiger partial charge in [-0.25, -0.2) is 4.79 Å². The van der Waals surface area contributed by atoms with E-state index in [4.69, 9.17) is 9.47 Å². The number of benzene rings is 2. The van der Waals surface area contributed by atoms with Crippen LogP contribution in [0.15, 0.2) is 65.6 Å². The Morgan fingerprint density at radius 3 is 2.50 bits per heavy atom. The van der Waals surface area contributed by atoms with Crippen LogP contribution in [0.5, 0.6) is 5.75 Å². The second-order valence-corrected chi connectivity index (χ2v) is 8.17. The minimum absolute atomic E-state index is 0.0144. The number of hydrogen-bond donors (Lipinski definition) is 1. The van der Waals surface area contributed by atoms with Crippen molar-refractivity contribution in [1.82, 2.24) is 10.2 Å². The van der Waals surface area contributed by atoms with E-state index >= 15 is 0 Å². The Labute approximate surface area is 188 Å². The van der Waals surface area contributed by atoms with Crippen LogP contribution in [0, 0.1) is 0 Å². The summed E-state index contributed by atoms with van der Waals surface area (Å²) in [6.45, 7) is -0.0144. The molecular formula is C23H20N2O6S. The van der Waals surface area contributed by atoms with Crippen molar-refractivity contribution in [2.45, 2.75) is 24.1 Å². The maximum absolute atomic E-state index is 12.8. The fourth-order valence-electron chi connectivity index (χ4n) is 3.52. The number of amides is 2. The van der Waals surface area contributed by atoms with Crippen molar-refractivity contribution >= 4 is 35.8 Å². The second-order valence-electron chi connectivity index (χ2n) is 7.18. The van der Waals surface area contributed by atoms with Crippen molar-refractivity contribution in [3.05, 3.63) is 76.7 Å². The Hall–Kier alpha value is -3.59. The molecule has 164 valence electrons. The summed E-state index contributed by atoms with van der Waals surface area (Å²) >= 11 is 1.21. The minimum atomic E-state index is -1.14. The van der Waals surface area contributed by atoms with E-state index in [1.165, 1.54) is 16.7 Å². The molecule has 32 heavy (non-hydrogen) atoms. The standard InChI is InChI=1S/C23H20N2O6S/c1-30-17-9-7-14(8-10-17)12-31-23(29)19-16(11-26)13-32-22-18(21(28)25(19)22)24-20(27)15-5-3-2-4-6-15/h2-11,13,18-19,22H,12H2,1H3,(H,24,27)/t18?,19?,22-/m0/s1. The summed E-state index contributed by atoms with van der Waals surface area (Å²) in [4.78, 5) is 50.9. The number of thioether (sulfide) groups is 1. The zero-order valence-electron chi connectivity index (χ0n) is 17.1.